The number of hydrogen-bond acceptors (Lipinski definition) is 10. The number of aliphatic hydroxyl groups is 1. The zero-order valence-electron chi connectivity index (χ0n) is 32.0. The van der Waals surface area contributed by atoms with Crippen LogP contribution < -0.4 is 15.9 Å². The molecule has 5 aromatic rings. The third-order valence-corrected chi connectivity index (χ3v) is 11.3. The molecule has 3 aromatic heterocycles. The smallest absolute Gasteiger partial charge is 0.329 e. The Hall–Kier alpha value is -6.20. The molecule has 2 aromatic carbocycles. The van der Waals surface area contributed by atoms with Gasteiger partial charge in [0.1, 0.15) is 17.8 Å². The van der Waals surface area contributed by atoms with Crippen molar-refractivity contribution in [2.24, 2.45) is 7.05 Å². The number of phenolic OH excluding ortho intramolecular Hbond substituents is 1. The molecule has 3 fully saturated rings. The van der Waals surface area contributed by atoms with Gasteiger partial charge < -0.3 is 25.3 Å². The van der Waals surface area contributed by atoms with E-state index in [9.17, 15) is 24.6 Å². The fourth-order valence-corrected chi connectivity index (χ4v) is 8.35. The quantitative estimate of drug-likeness (QED) is 0.0689. The highest BCUT2D eigenvalue weighted by Gasteiger charge is 2.42. The number of aryl methyl sites for hydroxylation is 2. The molecule has 14 nitrogen and oxygen atoms in total. The van der Waals surface area contributed by atoms with E-state index in [0.717, 1.165) is 86.3 Å². The first-order valence-corrected chi connectivity index (χ1v) is 19.8. The Bertz CT molecular complexity index is 2440. The number of imidazole rings is 1. The van der Waals surface area contributed by atoms with Gasteiger partial charge in [-0.15, -0.1) is 5.10 Å². The summed E-state index contributed by atoms with van der Waals surface area (Å²) in [6, 6.07) is 18.5. The number of nitrogens with zero attached hydrogens (tertiary/aromatic N) is 8. The second kappa shape index (κ2) is 16.5. The molecule has 0 saturated carbocycles. The van der Waals surface area contributed by atoms with Gasteiger partial charge >= 0.3 is 5.69 Å². The van der Waals surface area contributed by atoms with Crippen molar-refractivity contribution in [1.82, 2.24) is 39.3 Å². The van der Waals surface area contributed by atoms with E-state index in [4.69, 9.17) is 4.98 Å². The van der Waals surface area contributed by atoms with Crippen molar-refractivity contribution in [3.05, 3.63) is 112 Å². The van der Waals surface area contributed by atoms with Gasteiger partial charge in [0.15, 0.2) is 5.78 Å². The van der Waals surface area contributed by atoms with Crippen LogP contribution >= 0.6 is 0 Å². The maximum atomic E-state index is 13.1. The highest BCUT2D eigenvalue weighted by Crippen LogP contribution is 2.34. The molecule has 3 N–H and O–H groups in total. The number of pyridine rings is 1. The summed E-state index contributed by atoms with van der Waals surface area (Å²) in [5.74, 6) is 7.05. The molecule has 57 heavy (non-hydrogen) atoms. The number of fused-ring (bicyclic) bond motifs is 3. The summed E-state index contributed by atoms with van der Waals surface area (Å²) in [5.41, 5.74) is 4.27. The number of anilines is 1. The van der Waals surface area contributed by atoms with Gasteiger partial charge in [-0.3, -0.25) is 18.7 Å². The highest BCUT2D eigenvalue weighted by molar-refractivity contribution is 6.06. The maximum Gasteiger partial charge on any atom is 0.329 e. The Morgan fingerprint density at radius 2 is 1.84 bits per heavy atom. The summed E-state index contributed by atoms with van der Waals surface area (Å²) >= 11 is 0. The number of ketones is 1. The van der Waals surface area contributed by atoms with Crippen LogP contribution in [0.4, 0.5) is 5.82 Å². The van der Waals surface area contributed by atoms with Gasteiger partial charge in [0.05, 0.1) is 40.6 Å². The SMILES string of the molecule is Cn1c(=O)n(C2CCC(=O)NC2O)c2ccc(C#CCCCCCCc3cn(Cc4cccc(N5C[C@H]6C[C@@H]5CN6/C=C/C(=O)c5ccccc5O)n4)nn3)cc21. The topological polar surface area (TPSA) is 164 Å². The van der Waals surface area contributed by atoms with Crippen molar-refractivity contribution >= 4 is 28.5 Å². The molecular weight excluding hydrogens is 723 g/mol. The van der Waals surface area contributed by atoms with E-state index in [1.807, 2.05) is 47.4 Å². The lowest BCUT2D eigenvalue weighted by molar-refractivity contribution is -0.128. The Kier molecular flexibility index (Phi) is 10.9. The van der Waals surface area contributed by atoms with E-state index in [-0.39, 0.29) is 29.6 Å². The maximum absolute atomic E-state index is 13.1. The third kappa shape index (κ3) is 8.20. The molecule has 0 spiro atoms. The second-order valence-electron chi connectivity index (χ2n) is 15.2. The minimum Gasteiger partial charge on any atom is -0.507 e. The number of rotatable bonds is 13. The third-order valence-electron chi connectivity index (χ3n) is 11.3. The Labute approximate surface area is 330 Å². The number of aromatic hydroxyl groups is 1. The molecule has 0 aliphatic carbocycles. The molecule has 4 atom stereocenters. The van der Waals surface area contributed by atoms with Crippen molar-refractivity contribution < 1.29 is 19.8 Å². The zero-order valence-corrected chi connectivity index (χ0v) is 32.0. The van der Waals surface area contributed by atoms with Crippen LogP contribution in [0.3, 0.4) is 0 Å². The number of phenols is 1. The van der Waals surface area contributed by atoms with E-state index in [1.54, 1.807) is 40.5 Å². The molecule has 294 valence electrons. The van der Waals surface area contributed by atoms with Crippen LogP contribution in [-0.2, 0) is 24.8 Å². The van der Waals surface area contributed by atoms with Crippen molar-refractivity contribution in [2.45, 2.75) is 88.7 Å². The minimum atomic E-state index is -1.10. The first-order chi connectivity index (χ1) is 27.7. The first-order valence-electron chi connectivity index (χ1n) is 19.8. The van der Waals surface area contributed by atoms with E-state index in [1.165, 1.54) is 6.07 Å². The molecule has 3 aliphatic rings. The van der Waals surface area contributed by atoms with E-state index in [2.05, 4.69) is 43.3 Å². The average molecular weight is 770 g/mol. The lowest BCUT2D eigenvalue weighted by atomic mass is 10.0. The van der Waals surface area contributed by atoms with Gasteiger partial charge in [0.2, 0.25) is 5.91 Å². The van der Waals surface area contributed by atoms with Crippen molar-refractivity contribution in [3.8, 4) is 17.6 Å². The summed E-state index contributed by atoms with van der Waals surface area (Å²) in [4.78, 5) is 46.9. The lowest BCUT2D eigenvalue weighted by Gasteiger charge is -2.34. The lowest BCUT2D eigenvalue weighted by Crippen LogP contribution is -2.47. The first kappa shape index (κ1) is 37.7. The van der Waals surface area contributed by atoms with Crippen LogP contribution in [-0.4, -0.2) is 87.3 Å². The Morgan fingerprint density at radius 3 is 2.67 bits per heavy atom. The largest absolute Gasteiger partial charge is 0.507 e. The minimum absolute atomic E-state index is 0.00408. The number of likely N-dealkylation sites (tertiary alicyclic amines) is 1. The fraction of sp³-hybridized carbons (Fsp3) is 0.395. The number of allylic oxidation sites excluding steroid dienone is 1. The van der Waals surface area contributed by atoms with Crippen LogP contribution in [0, 0.1) is 11.8 Å². The van der Waals surface area contributed by atoms with Gasteiger partial charge in [-0.1, -0.05) is 48.1 Å². The second-order valence-corrected chi connectivity index (χ2v) is 15.2. The summed E-state index contributed by atoms with van der Waals surface area (Å²) < 4.78 is 5.00. The van der Waals surface area contributed by atoms with Crippen LogP contribution in [0.1, 0.15) is 84.7 Å². The molecule has 6 heterocycles. The highest BCUT2D eigenvalue weighted by atomic mass is 16.3. The number of unbranched alkanes of at least 4 members (excludes halogenated alkanes) is 4. The number of amides is 1. The summed E-state index contributed by atoms with van der Waals surface area (Å²) in [7, 11) is 1.71. The summed E-state index contributed by atoms with van der Waals surface area (Å²) in [5, 5.41) is 31.7. The number of aliphatic hydroxyl groups excluding tert-OH is 1. The van der Waals surface area contributed by atoms with Crippen molar-refractivity contribution in [2.75, 3.05) is 18.0 Å². The monoisotopic (exact) mass is 769 g/mol. The number of piperazine rings is 1. The van der Waals surface area contributed by atoms with Gasteiger partial charge in [0, 0.05) is 69.1 Å². The number of benzene rings is 2. The number of aromatic nitrogens is 6. The molecule has 8 rings (SSSR count). The molecule has 2 unspecified atom stereocenters. The molecule has 1 amide bonds. The molecular formula is C43H47N9O5. The van der Waals surface area contributed by atoms with Gasteiger partial charge in [-0.05, 0) is 74.6 Å². The van der Waals surface area contributed by atoms with E-state index >= 15 is 0 Å². The number of nitrogens with one attached hydrogen (secondary N) is 1. The van der Waals surface area contributed by atoms with Gasteiger partial charge in [-0.2, -0.15) is 0 Å². The standard InChI is InChI=1S/C43H47N9O5/c1-48-37-23-29(17-18-35(37)52(43(48)57)36-19-20-41(55)45-42(36)56)11-6-4-2-3-5-7-12-31-26-50(47-46-31)25-30-13-10-16-40(44-30)51-28-32-24-33(51)27-49(32)22-21-39(54)34-14-8-9-15-38(34)53/h8-10,13-18,21-23,26,32-33,36,42,53,56H,2-5,7,12,19-20,24-25,27-28H2,1H3,(H,45,55)/b22-21+/t32-,33-,36?,42?/m1/s1. The molecule has 3 saturated heterocycles. The predicted molar refractivity (Wildman–Crippen MR) is 214 cm³/mol. The normalized spacial score (nSPS) is 20.4. The number of para-hydroxylation sites is 1. The predicted octanol–water partition coefficient (Wildman–Crippen LogP) is 4.05. The van der Waals surface area contributed by atoms with Crippen LogP contribution in [0.25, 0.3) is 11.0 Å². The number of carbonyl (C=O) groups excluding carboxylic acids is 2. The zero-order chi connectivity index (χ0) is 39.5. The molecule has 3 aliphatic heterocycles. The van der Waals surface area contributed by atoms with Crippen molar-refractivity contribution in [1.29, 1.82) is 0 Å². The van der Waals surface area contributed by atoms with Crippen molar-refractivity contribution in [3.63, 3.8) is 0 Å². The molecule has 2 bridgehead atoms. The molecule has 14 heteroatoms. The number of piperidine rings is 1. The van der Waals surface area contributed by atoms with E-state index < -0.39 is 12.3 Å². The number of carbonyl (C=O) groups is 2. The number of hydrogen-bond donors (Lipinski definition) is 3. The van der Waals surface area contributed by atoms with Gasteiger partial charge in [-0.25, -0.2) is 14.5 Å². The Balaban J connectivity index is 0.761. The Morgan fingerprint density at radius 1 is 0.982 bits per heavy atom. The van der Waals surface area contributed by atoms with Gasteiger partial charge in [0.25, 0.3) is 0 Å². The molecule has 0 radical (unpaired) electrons. The van der Waals surface area contributed by atoms with Crippen LogP contribution in [0.2, 0.25) is 0 Å². The fourth-order valence-electron chi connectivity index (χ4n) is 8.35. The summed E-state index contributed by atoms with van der Waals surface area (Å²) in [6.45, 7) is 2.20. The van der Waals surface area contributed by atoms with Crippen LogP contribution in [0.15, 0.2) is 83.9 Å². The average Bonchev–Trinajstić information content (AvgIpc) is 3.99. The van der Waals surface area contributed by atoms with E-state index in [0.29, 0.717) is 36.1 Å². The van der Waals surface area contributed by atoms with Crippen LogP contribution in [0.5, 0.6) is 5.75 Å². The summed E-state index contributed by atoms with van der Waals surface area (Å²) in [6.07, 6.45) is 11.8.